The summed E-state index contributed by atoms with van der Waals surface area (Å²) in [4.78, 5) is 16.5. The Morgan fingerprint density at radius 1 is 0.976 bits per heavy atom. The van der Waals surface area contributed by atoms with Crippen molar-refractivity contribution < 1.29 is 34.7 Å². The first kappa shape index (κ1) is 28.8. The van der Waals surface area contributed by atoms with Crippen LogP contribution in [0.2, 0.25) is 0 Å². The van der Waals surface area contributed by atoms with Crippen LogP contribution in [0.15, 0.2) is 11.4 Å². The summed E-state index contributed by atoms with van der Waals surface area (Å²) in [6.07, 6.45) is 3.34. The molecule has 0 aromatic heterocycles. The second-order valence-corrected chi connectivity index (χ2v) is 10.7. The third-order valence-electron chi connectivity index (χ3n) is 8.71. The molecule has 2 aromatic carbocycles. The average Bonchev–Trinajstić information content (AvgIpc) is 2.97. The molecule has 6 N–H and O–H groups in total. The Balaban J connectivity index is 1.83. The van der Waals surface area contributed by atoms with E-state index < -0.39 is 24.2 Å². The molecule has 0 spiro atoms. The fourth-order valence-corrected chi connectivity index (χ4v) is 6.39. The van der Waals surface area contributed by atoms with Crippen molar-refractivity contribution in [2.24, 2.45) is 0 Å². The summed E-state index contributed by atoms with van der Waals surface area (Å²) in [6.45, 7) is 4.92. The second-order valence-electron chi connectivity index (χ2n) is 10.7. The molecule has 12 heteroatoms. The quantitative estimate of drug-likeness (QED) is 0.279. The van der Waals surface area contributed by atoms with Gasteiger partial charge in [-0.2, -0.15) is 5.26 Å². The molecule has 1 saturated heterocycles. The van der Waals surface area contributed by atoms with Crippen molar-refractivity contribution >= 4 is 18.1 Å². The van der Waals surface area contributed by atoms with Gasteiger partial charge in [0.15, 0.2) is 29.0 Å². The third-order valence-corrected chi connectivity index (χ3v) is 8.71. The molecule has 4 atom stereocenters. The molecule has 1 unspecified atom stereocenters. The number of likely N-dealkylation sites (N-methyl/N-ethyl adjacent to an activating group) is 2. The van der Waals surface area contributed by atoms with Gasteiger partial charge in [0, 0.05) is 52.7 Å². The van der Waals surface area contributed by atoms with Gasteiger partial charge in [-0.3, -0.25) is 4.79 Å². The Morgan fingerprint density at radius 3 is 2.02 bits per heavy atom. The highest BCUT2D eigenvalue weighted by Crippen LogP contribution is 2.59. The van der Waals surface area contributed by atoms with E-state index in [2.05, 4.69) is 16.7 Å². The van der Waals surface area contributed by atoms with Gasteiger partial charge in [0.2, 0.25) is 5.91 Å². The van der Waals surface area contributed by atoms with Gasteiger partial charge in [0.25, 0.3) is 0 Å². The van der Waals surface area contributed by atoms with Crippen LogP contribution in [0.25, 0.3) is 12.2 Å². The SMILES string of the molecule is CNC(C)C(=O)NC[C@@H]1c2c(O)c(OC)c(C)c(O)c2C=C2[C@H]3c4c(O)c(OC)c(C)c(O)c4C=C([C@H](C#N)N21)N3C. The molecule has 0 aliphatic carbocycles. The topological polar surface area (TPSA) is 171 Å². The highest BCUT2D eigenvalue weighted by Gasteiger charge is 2.51. The van der Waals surface area contributed by atoms with Crippen molar-refractivity contribution in [3.05, 3.63) is 44.8 Å². The highest BCUT2D eigenvalue weighted by atomic mass is 16.5. The minimum atomic E-state index is -0.930. The van der Waals surface area contributed by atoms with Crippen molar-refractivity contribution in [1.82, 2.24) is 20.4 Å². The Bertz CT molecular complexity index is 1610. The zero-order valence-corrected chi connectivity index (χ0v) is 24.5. The predicted octanol–water partition coefficient (Wildman–Crippen LogP) is 2.50. The normalized spacial score (nSPS) is 20.8. The van der Waals surface area contributed by atoms with Gasteiger partial charge in [-0.25, -0.2) is 0 Å². The van der Waals surface area contributed by atoms with Crippen molar-refractivity contribution in [3.63, 3.8) is 0 Å². The van der Waals surface area contributed by atoms with Gasteiger partial charge < -0.3 is 50.3 Å². The van der Waals surface area contributed by atoms with Crippen LogP contribution < -0.4 is 20.1 Å². The number of rotatable bonds is 6. The van der Waals surface area contributed by atoms with E-state index in [1.165, 1.54) is 14.2 Å². The van der Waals surface area contributed by atoms with E-state index >= 15 is 0 Å². The van der Waals surface area contributed by atoms with E-state index in [4.69, 9.17) is 9.47 Å². The summed E-state index contributed by atoms with van der Waals surface area (Å²) >= 11 is 0. The zero-order chi connectivity index (χ0) is 30.8. The monoisotopic (exact) mass is 577 g/mol. The predicted molar refractivity (Wildman–Crippen MR) is 154 cm³/mol. The van der Waals surface area contributed by atoms with Gasteiger partial charge in [-0.05, 0) is 40.0 Å². The Hall–Kier alpha value is -4.76. The number of hydrogen-bond donors (Lipinski definition) is 6. The van der Waals surface area contributed by atoms with Crippen LogP contribution in [-0.2, 0) is 4.79 Å². The number of methoxy groups -OCH3 is 2. The lowest BCUT2D eigenvalue weighted by atomic mass is 9.79. The van der Waals surface area contributed by atoms with Crippen molar-refractivity contribution in [2.75, 3.05) is 34.9 Å². The Labute approximate surface area is 243 Å². The van der Waals surface area contributed by atoms with E-state index in [1.807, 2.05) is 4.90 Å². The third kappa shape index (κ3) is 3.80. The van der Waals surface area contributed by atoms with E-state index in [1.54, 1.807) is 51.9 Å². The maximum Gasteiger partial charge on any atom is 0.236 e. The minimum absolute atomic E-state index is 0.0301. The number of aromatic hydroxyl groups is 4. The van der Waals surface area contributed by atoms with E-state index in [0.717, 1.165) is 0 Å². The number of piperazine rings is 1. The van der Waals surface area contributed by atoms with Crippen molar-refractivity contribution in [3.8, 4) is 40.6 Å². The lowest BCUT2D eigenvalue weighted by Crippen LogP contribution is -2.55. The maximum atomic E-state index is 12.9. The summed E-state index contributed by atoms with van der Waals surface area (Å²) in [5.74, 6) is -0.689. The number of carbonyl (C=O) groups is 1. The summed E-state index contributed by atoms with van der Waals surface area (Å²) in [6, 6.07) is -0.646. The summed E-state index contributed by atoms with van der Waals surface area (Å²) in [7, 11) is 6.22. The summed E-state index contributed by atoms with van der Waals surface area (Å²) in [5.41, 5.74) is 3.02. The molecule has 0 radical (unpaired) electrons. The summed E-state index contributed by atoms with van der Waals surface area (Å²) < 4.78 is 10.9. The van der Waals surface area contributed by atoms with Crippen LogP contribution in [-0.4, -0.2) is 83.1 Å². The number of phenols is 4. The van der Waals surface area contributed by atoms with Crippen LogP contribution in [0.5, 0.6) is 34.5 Å². The van der Waals surface area contributed by atoms with Gasteiger partial charge in [0.1, 0.15) is 11.5 Å². The second kappa shape index (κ2) is 10.3. The fourth-order valence-electron chi connectivity index (χ4n) is 6.39. The number of nitrogens with zero attached hydrogens (tertiary/aromatic N) is 3. The number of nitriles is 1. The lowest BCUT2D eigenvalue weighted by Gasteiger charge is -2.54. The molecule has 0 saturated carbocycles. The van der Waals surface area contributed by atoms with Crippen LogP contribution >= 0.6 is 0 Å². The van der Waals surface area contributed by atoms with Gasteiger partial charge in [-0.15, -0.1) is 0 Å². The first-order chi connectivity index (χ1) is 19.9. The average molecular weight is 578 g/mol. The van der Waals surface area contributed by atoms with Crippen LogP contribution in [0, 0.1) is 25.2 Å². The zero-order valence-electron chi connectivity index (χ0n) is 24.5. The Kier molecular flexibility index (Phi) is 7.02. The van der Waals surface area contributed by atoms with Gasteiger partial charge in [0.05, 0.1) is 44.1 Å². The standard InChI is InChI=1S/C30H35N5O7/c1-12-24(36)15-9-18-23-22-16(25(37)13(2)29(42-7)27(22)39)8-17(34(23)5)19(10-31)35(18)20(11-33-30(40)14(3)32-4)21(15)26(38)28(12)41-6/h8-9,14,19-20,23,32,36-39H,11H2,1-7H3,(H,33,40)/t14?,19-,20+,23-/m0/s1. The largest absolute Gasteiger partial charge is 0.507 e. The lowest BCUT2D eigenvalue weighted by molar-refractivity contribution is -0.122. The van der Waals surface area contributed by atoms with Crippen LogP contribution in [0.1, 0.15) is 52.4 Å². The smallest absolute Gasteiger partial charge is 0.236 e. The molecule has 1 amide bonds. The molecule has 3 aliphatic heterocycles. The molecule has 42 heavy (non-hydrogen) atoms. The van der Waals surface area contributed by atoms with Crippen molar-refractivity contribution in [1.29, 1.82) is 5.26 Å². The van der Waals surface area contributed by atoms with E-state index in [9.17, 15) is 30.5 Å². The van der Waals surface area contributed by atoms with E-state index in [-0.39, 0.29) is 52.5 Å². The first-order valence-electron chi connectivity index (χ1n) is 13.5. The molecule has 12 nitrogen and oxygen atoms in total. The maximum absolute atomic E-state index is 12.9. The van der Waals surface area contributed by atoms with Gasteiger partial charge >= 0.3 is 0 Å². The number of amides is 1. The minimum Gasteiger partial charge on any atom is -0.507 e. The fraction of sp³-hybridized carbons (Fsp3) is 0.400. The Morgan fingerprint density at radius 2 is 1.50 bits per heavy atom. The molecule has 2 aromatic rings. The number of benzene rings is 2. The number of phenolic OH excluding ortho intramolecular Hbond substituents is 4. The number of nitrogens with one attached hydrogen (secondary N) is 2. The van der Waals surface area contributed by atoms with Gasteiger partial charge in [-0.1, -0.05) is 0 Å². The van der Waals surface area contributed by atoms with Crippen molar-refractivity contribution in [2.45, 2.75) is 44.9 Å². The number of fused-ring (bicyclic) bond motifs is 7. The highest BCUT2D eigenvalue weighted by molar-refractivity contribution is 5.83. The number of ether oxygens (including phenoxy) is 2. The molecule has 5 rings (SSSR count). The molecule has 3 heterocycles. The molecular weight excluding hydrogens is 542 g/mol. The van der Waals surface area contributed by atoms with Crippen LogP contribution in [0.3, 0.4) is 0 Å². The molecule has 1 fully saturated rings. The van der Waals surface area contributed by atoms with E-state index in [0.29, 0.717) is 39.2 Å². The summed E-state index contributed by atoms with van der Waals surface area (Å²) in [5, 5.41) is 61.8. The molecular formula is C30H35N5O7. The molecule has 2 bridgehead atoms. The first-order valence-corrected chi connectivity index (χ1v) is 13.5. The molecule has 3 aliphatic rings. The molecule has 222 valence electrons. The number of hydrogen-bond acceptors (Lipinski definition) is 11. The van der Waals surface area contributed by atoms with Crippen LogP contribution in [0.4, 0.5) is 0 Å². The number of carbonyl (C=O) groups excluding carboxylic acids is 1.